The normalized spacial score (nSPS) is 12.4. The Balaban J connectivity index is 2.33. The Labute approximate surface area is 112 Å². The average molecular weight is 261 g/mol. The number of benzene rings is 1. The molecule has 5 heteroatoms. The van der Waals surface area contributed by atoms with Crippen LogP contribution in [0.25, 0.3) is 0 Å². The van der Waals surface area contributed by atoms with Gasteiger partial charge in [-0.2, -0.15) is 5.10 Å². The van der Waals surface area contributed by atoms with Crippen LogP contribution in [-0.2, 0) is 7.05 Å². The third-order valence-electron chi connectivity index (χ3n) is 2.98. The highest BCUT2D eigenvalue weighted by Gasteiger charge is 2.20. The Morgan fingerprint density at radius 2 is 2.11 bits per heavy atom. The molecule has 1 aromatic heterocycles. The number of ether oxygens (including phenoxy) is 1. The zero-order valence-corrected chi connectivity index (χ0v) is 11.2. The van der Waals surface area contributed by atoms with E-state index in [4.69, 9.17) is 10.5 Å². The molecule has 0 saturated heterocycles. The molecule has 0 aliphatic carbocycles. The second-order valence-electron chi connectivity index (χ2n) is 4.40. The number of nitrogen functional groups attached to an aromatic ring is 1. The van der Waals surface area contributed by atoms with Gasteiger partial charge in [0.2, 0.25) is 0 Å². The number of hydrogen-bond donors (Lipinski definition) is 2. The summed E-state index contributed by atoms with van der Waals surface area (Å²) in [6.07, 6.45) is 1.66. The maximum Gasteiger partial charge on any atom is 0.127 e. The molecular weight excluding hydrogens is 242 g/mol. The van der Waals surface area contributed by atoms with E-state index in [-0.39, 0.29) is 0 Å². The standard InChI is InChI=1S/C14H19N3O2/c1-3-8-19-12-7-5-4-6-10(12)13(18)11-9-16-17(2)14(11)15/h4-7,9,13,18H,3,8,15H2,1-2H3. The van der Waals surface area contributed by atoms with Gasteiger partial charge in [0.1, 0.15) is 17.7 Å². The van der Waals surface area contributed by atoms with Gasteiger partial charge in [-0.25, -0.2) is 0 Å². The van der Waals surface area contributed by atoms with Crippen LogP contribution < -0.4 is 10.5 Å². The molecule has 0 aliphatic heterocycles. The smallest absolute Gasteiger partial charge is 0.127 e. The fourth-order valence-corrected chi connectivity index (χ4v) is 1.89. The number of aryl methyl sites for hydroxylation is 1. The number of para-hydroxylation sites is 1. The Bertz CT molecular complexity index is 551. The number of nitrogens with two attached hydrogens (primary N) is 1. The van der Waals surface area contributed by atoms with Crippen LogP contribution in [0.5, 0.6) is 5.75 Å². The molecule has 1 unspecified atom stereocenters. The van der Waals surface area contributed by atoms with Crippen LogP contribution in [0.2, 0.25) is 0 Å². The van der Waals surface area contributed by atoms with E-state index in [1.165, 1.54) is 4.68 Å². The van der Waals surface area contributed by atoms with Crippen LogP contribution in [-0.4, -0.2) is 21.5 Å². The minimum absolute atomic E-state index is 0.456. The van der Waals surface area contributed by atoms with Crippen molar-refractivity contribution in [2.24, 2.45) is 7.05 Å². The van der Waals surface area contributed by atoms with Gasteiger partial charge in [-0.15, -0.1) is 0 Å². The average Bonchev–Trinajstić information content (AvgIpc) is 2.76. The lowest BCUT2D eigenvalue weighted by Crippen LogP contribution is -2.07. The van der Waals surface area contributed by atoms with Crippen molar-refractivity contribution < 1.29 is 9.84 Å². The Morgan fingerprint density at radius 3 is 2.74 bits per heavy atom. The molecule has 2 aromatic rings. The molecule has 1 atom stereocenters. The molecule has 0 fully saturated rings. The number of anilines is 1. The molecule has 5 nitrogen and oxygen atoms in total. The Hall–Kier alpha value is -2.01. The molecule has 0 radical (unpaired) electrons. The highest BCUT2D eigenvalue weighted by Crippen LogP contribution is 2.32. The summed E-state index contributed by atoms with van der Waals surface area (Å²) in [5, 5.41) is 14.5. The van der Waals surface area contributed by atoms with E-state index in [1.54, 1.807) is 13.2 Å². The highest BCUT2D eigenvalue weighted by molar-refractivity contribution is 5.47. The van der Waals surface area contributed by atoms with Crippen molar-refractivity contribution in [3.8, 4) is 5.75 Å². The lowest BCUT2D eigenvalue weighted by molar-refractivity contribution is 0.211. The molecule has 1 aromatic carbocycles. The number of aliphatic hydroxyl groups is 1. The van der Waals surface area contributed by atoms with Gasteiger partial charge < -0.3 is 15.6 Å². The molecule has 1 heterocycles. The number of nitrogens with zero attached hydrogens (tertiary/aromatic N) is 2. The molecule has 3 N–H and O–H groups in total. The molecule has 0 bridgehead atoms. The van der Waals surface area contributed by atoms with E-state index in [0.717, 1.165) is 6.42 Å². The van der Waals surface area contributed by atoms with Crippen molar-refractivity contribution in [1.82, 2.24) is 9.78 Å². The van der Waals surface area contributed by atoms with Gasteiger partial charge in [0.15, 0.2) is 0 Å². The number of hydrogen-bond acceptors (Lipinski definition) is 4. The quantitative estimate of drug-likeness (QED) is 0.861. The van der Waals surface area contributed by atoms with Crippen LogP contribution >= 0.6 is 0 Å². The summed E-state index contributed by atoms with van der Waals surface area (Å²) in [5.74, 6) is 1.14. The predicted molar refractivity (Wildman–Crippen MR) is 73.9 cm³/mol. The van der Waals surface area contributed by atoms with Crippen LogP contribution in [0.3, 0.4) is 0 Å². The van der Waals surface area contributed by atoms with Crippen LogP contribution in [0.1, 0.15) is 30.6 Å². The SMILES string of the molecule is CCCOc1ccccc1C(O)c1cnn(C)c1N. The first-order chi connectivity index (χ1) is 9.15. The molecule has 0 spiro atoms. The fourth-order valence-electron chi connectivity index (χ4n) is 1.89. The molecule has 0 aliphatic rings. The summed E-state index contributed by atoms with van der Waals surface area (Å²) in [7, 11) is 1.74. The number of aromatic nitrogens is 2. The van der Waals surface area contributed by atoms with E-state index < -0.39 is 6.10 Å². The summed E-state index contributed by atoms with van der Waals surface area (Å²) in [4.78, 5) is 0. The highest BCUT2D eigenvalue weighted by atomic mass is 16.5. The number of aliphatic hydroxyl groups excluding tert-OH is 1. The summed E-state index contributed by atoms with van der Waals surface area (Å²) >= 11 is 0. The van der Waals surface area contributed by atoms with Gasteiger partial charge in [0.05, 0.1) is 12.8 Å². The second-order valence-corrected chi connectivity index (χ2v) is 4.40. The van der Waals surface area contributed by atoms with Gasteiger partial charge in [0, 0.05) is 18.2 Å². The first-order valence-corrected chi connectivity index (χ1v) is 6.32. The summed E-state index contributed by atoms with van der Waals surface area (Å²) < 4.78 is 7.18. The fraction of sp³-hybridized carbons (Fsp3) is 0.357. The summed E-state index contributed by atoms with van der Waals surface area (Å²) in [5.41, 5.74) is 7.19. The zero-order valence-electron chi connectivity index (χ0n) is 11.2. The van der Waals surface area contributed by atoms with Crippen molar-refractivity contribution >= 4 is 5.82 Å². The maximum atomic E-state index is 10.5. The molecule has 0 saturated carbocycles. The summed E-state index contributed by atoms with van der Waals surface area (Å²) in [6.45, 7) is 2.66. The topological polar surface area (TPSA) is 73.3 Å². The monoisotopic (exact) mass is 261 g/mol. The lowest BCUT2D eigenvalue weighted by Gasteiger charge is -2.15. The first-order valence-electron chi connectivity index (χ1n) is 6.32. The third-order valence-corrected chi connectivity index (χ3v) is 2.98. The van der Waals surface area contributed by atoms with Crippen LogP contribution in [0, 0.1) is 0 Å². The van der Waals surface area contributed by atoms with Crippen molar-refractivity contribution in [2.75, 3.05) is 12.3 Å². The van der Waals surface area contributed by atoms with E-state index in [9.17, 15) is 5.11 Å². The van der Waals surface area contributed by atoms with Crippen LogP contribution in [0.4, 0.5) is 5.82 Å². The van der Waals surface area contributed by atoms with Gasteiger partial charge in [-0.3, -0.25) is 4.68 Å². The van der Waals surface area contributed by atoms with Crippen molar-refractivity contribution in [2.45, 2.75) is 19.4 Å². The largest absolute Gasteiger partial charge is 0.493 e. The lowest BCUT2D eigenvalue weighted by atomic mass is 10.0. The molecule has 19 heavy (non-hydrogen) atoms. The first kappa shape index (κ1) is 13.4. The van der Waals surface area contributed by atoms with Crippen molar-refractivity contribution in [3.63, 3.8) is 0 Å². The zero-order chi connectivity index (χ0) is 13.8. The molecule has 0 amide bonds. The number of rotatable bonds is 5. The minimum atomic E-state index is -0.832. The molecule has 102 valence electrons. The van der Waals surface area contributed by atoms with Gasteiger partial charge in [-0.05, 0) is 12.5 Å². The van der Waals surface area contributed by atoms with E-state index in [2.05, 4.69) is 5.10 Å². The van der Waals surface area contributed by atoms with Crippen molar-refractivity contribution in [1.29, 1.82) is 0 Å². The van der Waals surface area contributed by atoms with Crippen LogP contribution in [0.15, 0.2) is 30.5 Å². The molecule has 2 rings (SSSR count). The van der Waals surface area contributed by atoms with Gasteiger partial charge >= 0.3 is 0 Å². The second kappa shape index (κ2) is 5.75. The third kappa shape index (κ3) is 2.71. The van der Waals surface area contributed by atoms with Gasteiger partial charge in [0.25, 0.3) is 0 Å². The summed E-state index contributed by atoms with van der Waals surface area (Å²) in [6, 6.07) is 7.43. The molecular formula is C14H19N3O2. The predicted octanol–water partition coefficient (Wildman–Crippen LogP) is 1.87. The van der Waals surface area contributed by atoms with E-state index in [0.29, 0.717) is 29.3 Å². The van der Waals surface area contributed by atoms with E-state index >= 15 is 0 Å². The minimum Gasteiger partial charge on any atom is -0.493 e. The van der Waals surface area contributed by atoms with Gasteiger partial charge in [-0.1, -0.05) is 25.1 Å². The maximum absolute atomic E-state index is 10.5. The van der Waals surface area contributed by atoms with E-state index in [1.807, 2.05) is 31.2 Å². The van der Waals surface area contributed by atoms with Crippen molar-refractivity contribution in [3.05, 3.63) is 41.6 Å². The Kier molecular flexibility index (Phi) is 4.06. The Morgan fingerprint density at radius 1 is 1.37 bits per heavy atom.